The van der Waals surface area contributed by atoms with E-state index in [2.05, 4.69) is 10.6 Å². The van der Waals surface area contributed by atoms with Crippen LogP contribution in [0.5, 0.6) is 5.75 Å². The highest BCUT2D eigenvalue weighted by Crippen LogP contribution is 2.31. The molecule has 0 saturated heterocycles. The van der Waals surface area contributed by atoms with Crippen LogP contribution in [0.15, 0.2) is 24.3 Å². The molecular formula is C16H24N2O3. The molecule has 116 valence electrons. The smallest absolute Gasteiger partial charge is 0.315 e. The van der Waals surface area contributed by atoms with Gasteiger partial charge in [-0.05, 0) is 33.3 Å². The third-order valence-electron chi connectivity index (χ3n) is 3.73. The maximum absolute atomic E-state index is 12.1. The van der Waals surface area contributed by atoms with Crippen LogP contribution in [-0.2, 0) is 4.74 Å². The van der Waals surface area contributed by atoms with Crippen LogP contribution in [0.2, 0.25) is 0 Å². The van der Waals surface area contributed by atoms with E-state index in [0.717, 1.165) is 17.7 Å². The Kier molecular flexibility index (Phi) is 4.73. The van der Waals surface area contributed by atoms with Gasteiger partial charge in [-0.2, -0.15) is 0 Å². The summed E-state index contributed by atoms with van der Waals surface area (Å²) < 4.78 is 10.9. The lowest BCUT2D eigenvalue weighted by Crippen LogP contribution is -2.45. The minimum atomic E-state index is -0.254. The summed E-state index contributed by atoms with van der Waals surface area (Å²) in [7, 11) is 1.68. The predicted octanol–water partition coefficient (Wildman–Crippen LogP) is 2.62. The van der Waals surface area contributed by atoms with Crippen LogP contribution < -0.4 is 15.4 Å². The largest absolute Gasteiger partial charge is 0.491 e. The van der Waals surface area contributed by atoms with Crippen molar-refractivity contribution in [2.75, 3.05) is 13.7 Å². The van der Waals surface area contributed by atoms with Crippen molar-refractivity contribution < 1.29 is 14.3 Å². The van der Waals surface area contributed by atoms with Gasteiger partial charge in [0, 0.05) is 18.7 Å². The van der Waals surface area contributed by atoms with Gasteiger partial charge in [-0.25, -0.2) is 4.79 Å². The monoisotopic (exact) mass is 292 g/mol. The molecular weight excluding hydrogens is 268 g/mol. The number of rotatable bonds is 5. The summed E-state index contributed by atoms with van der Waals surface area (Å²) in [6.07, 6.45) is 0.745. The number of methoxy groups -OCH3 is 1. The van der Waals surface area contributed by atoms with Crippen molar-refractivity contribution in [2.45, 2.75) is 44.9 Å². The molecule has 21 heavy (non-hydrogen) atoms. The normalized spacial score (nSPS) is 18.6. The van der Waals surface area contributed by atoms with Crippen molar-refractivity contribution in [3.63, 3.8) is 0 Å². The number of nitrogens with one attached hydrogen (secondary N) is 2. The Morgan fingerprint density at radius 2 is 2.19 bits per heavy atom. The van der Waals surface area contributed by atoms with Crippen molar-refractivity contribution >= 4 is 6.03 Å². The van der Waals surface area contributed by atoms with Gasteiger partial charge in [0.1, 0.15) is 12.4 Å². The van der Waals surface area contributed by atoms with Crippen molar-refractivity contribution in [2.24, 2.45) is 0 Å². The average Bonchev–Trinajstić information content (AvgIpc) is 2.81. The molecule has 1 heterocycles. The summed E-state index contributed by atoms with van der Waals surface area (Å²) in [5.41, 5.74) is 0.771. The highest BCUT2D eigenvalue weighted by molar-refractivity contribution is 5.75. The van der Waals surface area contributed by atoms with E-state index in [0.29, 0.717) is 6.61 Å². The van der Waals surface area contributed by atoms with Gasteiger partial charge in [-0.1, -0.05) is 18.2 Å². The Morgan fingerprint density at radius 3 is 2.90 bits per heavy atom. The summed E-state index contributed by atoms with van der Waals surface area (Å²) in [4.78, 5) is 12.1. The first-order chi connectivity index (χ1) is 9.91. The van der Waals surface area contributed by atoms with Crippen LogP contribution >= 0.6 is 0 Å². The van der Waals surface area contributed by atoms with E-state index < -0.39 is 0 Å². The van der Waals surface area contributed by atoms with Gasteiger partial charge >= 0.3 is 6.03 Å². The fourth-order valence-electron chi connectivity index (χ4n) is 2.58. The quantitative estimate of drug-likeness (QED) is 0.877. The number of ether oxygens (including phenoxy) is 2. The maximum Gasteiger partial charge on any atom is 0.315 e. The molecule has 0 aromatic heterocycles. The van der Waals surface area contributed by atoms with Gasteiger partial charge in [-0.15, -0.1) is 0 Å². The number of fused-ring (bicyclic) bond motifs is 1. The van der Waals surface area contributed by atoms with Gasteiger partial charge in [0.15, 0.2) is 0 Å². The van der Waals surface area contributed by atoms with E-state index in [-0.39, 0.29) is 23.7 Å². The maximum atomic E-state index is 12.1. The zero-order chi connectivity index (χ0) is 15.5. The van der Waals surface area contributed by atoms with Gasteiger partial charge < -0.3 is 20.1 Å². The molecule has 2 amide bonds. The van der Waals surface area contributed by atoms with Crippen LogP contribution in [-0.4, -0.2) is 31.4 Å². The second-order valence-electron chi connectivity index (χ2n) is 6.09. The van der Waals surface area contributed by atoms with Crippen LogP contribution in [0.4, 0.5) is 4.79 Å². The number of hydrogen-bond acceptors (Lipinski definition) is 3. The number of carbonyl (C=O) groups excluding carboxylic acids is 1. The van der Waals surface area contributed by atoms with E-state index in [9.17, 15) is 4.79 Å². The molecule has 0 saturated carbocycles. The third-order valence-corrected chi connectivity index (χ3v) is 3.73. The molecule has 0 aliphatic carbocycles. The summed E-state index contributed by atoms with van der Waals surface area (Å²) in [6, 6.07) is 7.52. The van der Waals surface area contributed by atoms with E-state index >= 15 is 0 Å². The molecule has 2 N–H and O–H groups in total. The van der Waals surface area contributed by atoms with E-state index in [1.807, 2.05) is 45.0 Å². The van der Waals surface area contributed by atoms with E-state index in [4.69, 9.17) is 9.47 Å². The summed E-state index contributed by atoms with van der Waals surface area (Å²) >= 11 is 0. The predicted molar refractivity (Wildman–Crippen MR) is 81.5 cm³/mol. The minimum absolute atomic E-state index is 0.0255. The van der Waals surface area contributed by atoms with Crippen LogP contribution in [0.1, 0.15) is 38.8 Å². The first kappa shape index (κ1) is 15.6. The summed E-state index contributed by atoms with van der Waals surface area (Å²) in [5, 5.41) is 5.90. The van der Waals surface area contributed by atoms with Gasteiger partial charge in [0.05, 0.1) is 11.6 Å². The molecule has 0 spiro atoms. The van der Waals surface area contributed by atoms with Gasteiger partial charge in [-0.3, -0.25) is 0 Å². The Hall–Kier alpha value is -1.75. The van der Waals surface area contributed by atoms with Crippen molar-refractivity contribution in [1.29, 1.82) is 0 Å². The lowest BCUT2D eigenvalue weighted by atomic mass is 10.00. The van der Waals surface area contributed by atoms with Crippen LogP contribution in [0.25, 0.3) is 0 Å². The molecule has 2 atom stereocenters. The molecule has 5 nitrogen and oxygen atoms in total. The number of urea groups is 1. The molecule has 5 heteroatoms. The van der Waals surface area contributed by atoms with Crippen molar-refractivity contribution in [1.82, 2.24) is 10.6 Å². The second kappa shape index (κ2) is 6.35. The first-order valence-electron chi connectivity index (χ1n) is 7.25. The Morgan fingerprint density at radius 1 is 1.48 bits per heavy atom. The number of amides is 2. The van der Waals surface area contributed by atoms with Crippen molar-refractivity contribution in [3.05, 3.63) is 29.8 Å². The fourth-order valence-corrected chi connectivity index (χ4v) is 2.58. The van der Waals surface area contributed by atoms with E-state index in [1.54, 1.807) is 7.11 Å². The van der Waals surface area contributed by atoms with E-state index in [1.165, 1.54) is 0 Å². The molecule has 0 fully saturated rings. The molecule has 1 aromatic rings. The zero-order valence-electron chi connectivity index (χ0n) is 13.1. The molecule has 0 bridgehead atoms. The van der Waals surface area contributed by atoms with Crippen molar-refractivity contribution in [3.8, 4) is 5.75 Å². The molecule has 2 rings (SSSR count). The number of para-hydroxylation sites is 1. The summed E-state index contributed by atoms with van der Waals surface area (Å²) in [6.45, 7) is 6.46. The number of benzene rings is 1. The highest BCUT2D eigenvalue weighted by Gasteiger charge is 2.26. The second-order valence-corrected chi connectivity index (χ2v) is 6.09. The fraction of sp³-hybridized carbons (Fsp3) is 0.562. The Balaban J connectivity index is 1.86. The molecule has 1 aliphatic rings. The van der Waals surface area contributed by atoms with Crippen LogP contribution in [0.3, 0.4) is 0 Å². The third kappa shape index (κ3) is 4.11. The number of carbonyl (C=O) groups is 1. The first-order valence-corrected chi connectivity index (χ1v) is 7.25. The SMILES string of the molecule is COC(C)(C)C[C@H](C)NC(=O)N[C@@H]1COc2ccccc21. The number of hydrogen-bond donors (Lipinski definition) is 2. The topological polar surface area (TPSA) is 59.6 Å². The average molecular weight is 292 g/mol. The Bertz CT molecular complexity index is 502. The molecule has 0 radical (unpaired) electrons. The lowest BCUT2D eigenvalue weighted by molar-refractivity contribution is 0.00947. The zero-order valence-corrected chi connectivity index (χ0v) is 13.1. The Labute approximate surface area is 126 Å². The van der Waals surface area contributed by atoms with Gasteiger partial charge in [0.25, 0.3) is 0 Å². The minimum Gasteiger partial charge on any atom is -0.491 e. The standard InChI is InChI=1S/C16H24N2O3/c1-11(9-16(2,3)20-4)17-15(19)18-13-10-21-14-8-6-5-7-12(13)14/h5-8,11,13H,9-10H2,1-4H3,(H2,17,18,19)/t11-,13+/m0/s1. The lowest BCUT2D eigenvalue weighted by Gasteiger charge is -2.27. The van der Waals surface area contributed by atoms with Gasteiger partial charge in [0.2, 0.25) is 0 Å². The molecule has 1 aromatic carbocycles. The van der Waals surface area contributed by atoms with Crippen LogP contribution in [0, 0.1) is 0 Å². The molecule has 0 unspecified atom stereocenters. The molecule has 1 aliphatic heterocycles. The summed E-state index contributed by atoms with van der Waals surface area (Å²) in [5.74, 6) is 0.844. The highest BCUT2D eigenvalue weighted by atomic mass is 16.5.